The smallest absolute Gasteiger partial charge is 0.271 e. The maximum absolute atomic E-state index is 12.7. The van der Waals surface area contributed by atoms with E-state index in [2.05, 4.69) is 20.2 Å². The van der Waals surface area contributed by atoms with Gasteiger partial charge < -0.3 is 20.1 Å². The minimum atomic E-state index is -0.0813. The van der Waals surface area contributed by atoms with Crippen LogP contribution in [-0.2, 0) is 4.79 Å². The number of pyridine rings is 2. The van der Waals surface area contributed by atoms with E-state index in [0.717, 1.165) is 17.7 Å². The molecule has 1 aliphatic carbocycles. The molecule has 152 valence electrons. The van der Waals surface area contributed by atoms with Crippen molar-refractivity contribution >= 4 is 11.6 Å². The lowest BCUT2D eigenvalue weighted by atomic mass is 10.0. The van der Waals surface area contributed by atoms with Gasteiger partial charge in [-0.2, -0.15) is 0 Å². The van der Waals surface area contributed by atoms with E-state index < -0.39 is 0 Å². The van der Waals surface area contributed by atoms with Crippen molar-refractivity contribution in [2.75, 3.05) is 38.1 Å². The van der Waals surface area contributed by atoms with Gasteiger partial charge in [-0.3, -0.25) is 14.6 Å². The topological polar surface area (TPSA) is 81.3 Å². The van der Waals surface area contributed by atoms with Crippen LogP contribution >= 0.6 is 0 Å². The second-order valence-corrected chi connectivity index (χ2v) is 7.79. The molecule has 7 nitrogen and oxygen atoms in total. The van der Waals surface area contributed by atoms with E-state index in [1.807, 2.05) is 36.2 Å². The molecule has 4 rings (SSSR count). The number of anilines is 1. The number of aromatic nitrogens is 2. The Morgan fingerprint density at radius 2 is 2.07 bits per heavy atom. The van der Waals surface area contributed by atoms with Gasteiger partial charge in [0.25, 0.3) is 5.56 Å². The molecule has 0 bridgehead atoms. The molecule has 0 aromatic carbocycles. The molecule has 0 atom stereocenters. The number of rotatable bonds is 8. The number of hydrogen-bond donors (Lipinski definition) is 2. The first-order valence-electron chi connectivity index (χ1n) is 10.2. The van der Waals surface area contributed by atoms with Crippen LogP contribution in [0.25, 0.3) is 11.1 Å². The molecule has 1 amide bonds. The molecule has 0 unspecified atom stereocenters. The Labute approximate surface area is 170 Å². The van der Waals surface area contributed by atoms with Crippen molar-refractivity contribution in [2.24, 2.45) is 5.92 Å². The van der Waals surface area contributed by atoms with Gasteiger partial charge in [-0.05, 0) is 49.6 Å². The summed E-state index contributed by atoms with van der Waals surface area (Å²) in [5.41, 5.74) is 2.59. The summed E-state index contributed by atoms with van der Waals surface area (Å²) in [5, 5.41) is 2.99. The molecule has 1 saturated heterocycles. The fourth-order valence-electron chi connectivity index (χ4n) is 3.63. The van der Waals surface area contributed by atoms with Crippen molar-refractivity contribution in [3.05, 3.63) is 59.3 Å². The molecular formula is C22H27N5O2. The summed E-state index contributed by atoms with van der Waals surface area (Å²) in [6.45, 7) is 2.84. The standard InChI is InChI=1S/C22H27N5O2/c1-23-8-2-3-21(28)26-14-19(15-26)27(13-16-4-5-16)20-11-18(12-25-22(20)29)17-6-9-24-10-7-17/h2-3,6-7,9-12,16,19,23H,4-5,8,13-15H2,1H3,(H,25,29)/b3-2+. The number of carbonyl (C=O) groups excluding carboxylic acids is 1. The van der Waals surface area contributed by atoms with Crippen molar-refractivity contribution in [2.45, 2.75) is 18.9 Å². The predicted molar refractivity (Wildman–Crippen MR) is 114 cm³/mol. The van der Waals surface area contributed by atoms with Gasteiger partial charge in [-0.1, -0.05) is 6.08 Å². The quantitative estimate of drug-likeness (QED) is 0.667. The summed E-state index contributed by atoms with van der Waals surface area (Å²) in [7, 11) is 1.85. The van der Waals surface area contributed by atoms with Crippen LogP contribution in [0, 0.1) is 5.92 Å². The molecular weight excluding hydrogens is 366 g/mol. The molecule has 2 fully saturated rings. The van der Waals surface area contributed by atoms with Crippen LogP contribution in [0.15, 0.2) is 53.7 Å². The van der Waals surface area contributed by atoms with E-state index in [0.29, 0.717) is 31.2 Å². The Bertz CT molecular complexity index is 930. The van der Waals surface area contributed by atoms with Crippen LogP contribution in [-0.4, -0.2) is 60.0 Å². The molecule has 2 aromatic rings. The summed E-state index contributed by atoms with van der Waals surface area (Å²) in [4.78, 5) is 35.9. The van der Waals surface area contributed by atoms with Gasteiger partial charge in [0.1, 0.15) is 5.69 Å². The van der Waals surface area contributed by atoms with Crippen LogP contribution < -0.4 is 15.8 Å². The molecule has 1 saturated carbocycles. The third-order valence-corrected chi connectivity index (χ3v) is 5.56. The minimum absolute atomic E-state index is 0.0299. The van der Waals surface area contributed by atoms with Crippen molar-refractivity contribution < 1.29 is 4.79 Å². The summed E-state index contributed by atoms with van der Waals surface area (Å²) in [6, 6.07) is 6.01. The van der Waals surface area contributed by atoms with Gasteiger partial charge in [0, 0.05) is 56.4 Å². The SMILES string of the molecule is CNC/C=C/C(=O)N1CC(N(CC2CC2)c2cc(-c3ccncc3)c[nH]c2=O)C1. The number of aromatic amines is 1. The highest BCUT2D eigenvalue weighted by Crippen LogP contribution is 2.33. The van der Waals surface area contributed by atoms with Crippen LogP contribution in [0.2, 0.25) is 0 Å². The second-order valence-electron chi connectivity index (χ2n) is 7.79. The first-order valence-corrected chi connectivity index (χ1v) is 10.2. The van der Waals surface area contributed by atoms with Crippen molar-refractivity contribution in [1.82, 2.24) is 20.2 Å². The molecule has 0 spiro atoms. The number of likely N-dealkylation sites (tertiary alicyclic amines) is 1. The van der Waals surface area contributed by atoms with Gasteiger partial charge in [0.05, 0.1) is 6.04 Å². The lowest BCUT2D eigenvalue weighted by Gasteiger charge is -2.46. The third-order valence-electron chi connectivity index (χ3n) is 5.56. The fourth-order valence-corrected chi connectivity index (χ4v) is 3.63. The minimum Gasteiger partial charge on any atom is -0.360 e. The average molecular weight is 393 g/mol. The van der Waals surface area contributed by atoms with Crippen LogP contribution in [0.1, 0.15) is 12.8 Å². The first kappa shape index (κ1) is 19.4. The van der Waals surface area contributed by atoms with Gasteiger partial charge in [0.2, 0.25) is 5.91 Å². The van der Waals surface area contributed by atoms with Gasteiger partial charge >= 0.3 is 0 Å². The zero-order valence-corrected chi connectivity index (χ0v) is 16.7. The van der Waals surface area contributed by atoms with E-state index >= 15 is 0 Å². The maximum Gasteiger partial charge on any atom is 0.271 e. The van der Waals surface area contributed by atoms with Gasteiger partial charge in [-0.25, -0.2) is 0 Å². The lowest BCUT2D eigenvalue weighted by molar-refractivity contribution is -0.130. The summed E-state index contributed by atoms with van der Waals surface area (Å²) >= 11 is 0. The predicted octanol–water partition coefficient (Wildman–Crippen LogP) is 1.64. The van der Waals surface area contributed by atoms with E-state index in [1.54, 1.807) is 24.7 Å². The molecule has 2 N–H and O–H groups in total. The maximum atomic E-state index is 12.7. The molecule has 3 heterocycles. The molecule has 7 heteroatoms. The molecule has 2 aromatic heterocycles. The van der Waals surface area contributed by atoms with Crippen molar-refractivity contribution in [3.8, 4) is 11.1 Å². The Balaban J connectivity index is 1.52. The van der Waals surface area contributed by atoms with Crippen molar-refractivity contribution in [3.63, 3.8) is 0 Å². The highest BCUT2D eigenvalue weighted by Gasteiger charge is 2.37. The van der Waals surface area contributed by atoms with Gasteiger partial charge in [0.15, 0.2) is 0 Å². The van der Waals surface area contributed by atoms with E-state index in [1.165, 1.54) is 12.8 Å². The zero-order chi connectivity index (χ0) is 20.2. The van der Waals surface area contributed by atoms with E-state index in [9.17, 15) is 9.59 Å². The third kappa shape index (κ3) is 4.56. The molecule has 1 aliphatic heterocycles. The Morgan fingerprint density at radius 1 is 1.31 bits per heavy atom. The molecule has 0 radical (unpaired) electrons. The highest BCUT2D eigenvalue weighted by molar-refractivity contribution is 5.88. The first-order chi connectivity index (χ1) is 14.2. The number of H-pyrrole nitrogens is 1. The lowest BCUT2D eigenvalue weighted by Crippen LogP contribution is -2.62. The normalized spacial score (nSPS) is 16.8. The molecule has 2 aliphatic rings. The Morgan fingerprint density at radius 3 is 2.76 bits per heavy atom. The summed E-state index contributed by atoms with van der Waals surface area (Å²) < 4.78 is 0. The number of amides is 1. The fraction of sp³-hybridized carbons (Fsp3) is 0.409. The number of likely N-dealkylation sites (N-methyl/N-ethyl adjacent to an activating group) is 1. The van der Waals surface area contributed by atoms with Gasteiger partial charge in [-0.15, -0.1) is 0 Å². The Hall–Kier alpha value is -2.93. The number of carbonyl (C=O) groups is 1. The highest BCUT2D eigenvalue weighted by atomic mass is 16.2. The Kier molecular flexibility index (Phi) is 5.76. The number of nitrogens with one attached hydrogen (secondary N) is 2. The van der Waals surface area contributed by atoms with E-state index in [-0.39, 0.29) is 17.5 Å². The second kappa shape index (κ2) is 8.61. The van der Waals surface area contributed by atoms with Crippen LogP contribution in [0.3, 0.4) is 0 Å². The van der Waals surface area contributed by atoms with Crippen LogP contribution in [0.5, 0.6) is 0 Å². The summed E-state index contributed by atoms with van der Waals surface area (Å²) in [6.07, 6.45) is 11.1. The van der Waals surface area contributed by atoms with Crippen molar-refractivity contribution in [1.29, 1.82) is 0 Å². The monoisotopic (exact) mass is 393 g/mol. The van der Waals surface area contributed by atoms with E-state index in [4.69, 9.17) is 0 Å². The largest absolute Gasteiger partial charge is 0.360 e. The molecule has 29 heavy (non-hydrogen) atoms. The number of hydrogen-bond acceptors (Lipinski definition) is 5. The van der Waals surface area contributed by atoms with Crippen LogP contribution in [0.4, 0.5) is 5.69 Å². The number of nitrogens with zero attached hydrogens (tertiary/aromatic N) is 3. The summed E-state index contributed by atoms with van der Waals surface area (Å²) in [5.74, 6) is 0.668. The average Bonchev–Trinajstić information content (AvgIpc) is 3.52. The zero-order valence-electron chi connectivity index (χ0n) is 16.7.